The van der Waals surface area contributed by atoms with Gasteiger partial charge in [0.25, 0.3) is 15.7 Å². The molecule has 3 aromatic carbocycles. The van der Waals surface area contributed by atoms with Crippen LogP contribution in [0.25, 0.3) is 0 Å². The molecule has 1 heterocycles. The van der Waals surface area contributed by atoms with Gasteiger partial charge in [0.2, 0.25) is 10.0 Å². The van der Waals surface area contributed by atoms with E-state index in [0.29, 0.717) is 17.0 Å². The Hall–Kier alpha value is -3.84. The predicted molar refractivity (Wildman–Crippen MR) is 132 cm³/mol. The van der Waals surface area contributed by atoms with Crippen LogP contribution in [0.3, 0.4) is 0 Å². The molecule has 1 aliphatic heterocycles. The van der Waals surface area contributed by atoms with E-state index < -0.39 is 36.8 Å². The number of rotatable bonds is 8. The largest absolute Gasteiger partial charge is 0.284 e. The van der Waals surface area contributed by atoms with Gasteiger partial charge in [-0.25, -0.2) is 12.8 Å². The molecule has 3 aromatic rings. The highest BCUT2D eigenvalue weighted by Crippen LogP contribution is 2.40. The lowest BCUT2D eigenvalue weighted by Gasteiger charge is -2.23. The second kappa shape index (κ2) is 9.66. The van der Waals surface area contributed by atoms with Crippen LogP contribution >= 0.6 is 0 Å². The van der Waals surface area contributed by atoms with Crippen LogP contribution in [-0.4, -0.2) is 37.6 Å². The third-order valence-electron chi connectivity index (χ3n) is 5.59. The highest BCUT2D eigenvalue weighted by Gasteiger charge is 2.40. The van der Waals surface area contributed by atoms with Crippen LogP contribution in [0.15, 0.2) is 82.8 Å². The maximum atomic E-state index is 13.5. The van der Waals surface area contributed by atoms with Gasteiger partial charge in [-0.05, 0) is 55.0 Å². The van der Waals surface area contributed by atoms with Crippen LogP contribution in [0.2, 0.25) is 0 Å². The van der Waals surface area contributed by atoms with Crippen LogP contribution < -0.4 is 4.72 Å². The van der Waals surface area contributed by atoms with E-state index in [0.717, 1.165) is 28.7 Å². The number of hydrogen-bond donors (Lipinski definition) is 1. The summed E-state index contributed by atoms with van der Waals surface area (Å²) in [4.78, 5) is 10.9. The van der Waals surface area contributed by atoms with Crippen molar-refractivity contribution in [3.8, 4) is 0 Å². The summed E-state index contributed by atoms with van der Waals surface area (Å²) in [5.74, 6) is -0.719. The van der Waals surface area contributed by atoms with E-state index in [2.05, 4.69) is 9.82 Å². The van der Waals surface area contributed by atoms with Crippen LogP contribution in [0.1, 0.15) is 30.5 Å². The third-order valence-corrected chi connectivity index (χ3v) is 8.60. The fourth-order valence-electron chi connectivity index (χ4n) is 3.75. The van der Waals surface area contributed by atoms with Gasteiger partial charge in [-0.3, -0.25) is 14.8 Å². The second-order valence-corrected chi connectivity index (χ2v) is 11.7. The number of nitrogens with zero attached hydrogens (tertiary/aromatic N) is 3. The van der Waals surface area contributed by atoms with Crippen molar-refractivity contribution in [2.24, 2.45) is 5.10 Å². The molecule has 36 heavy (non-hydrogen) atoms. The second-order valence-electron chi connectivity index (χ2n) is 7.90. The summed E-state index contributed by atoms with van der Waals surface area (Å²) in [7, 11) is -7.79. The van der Waals surface area contributed by atoms with Gasteiger partial charge >= 0.3 is 0 Å². The van der Waals surface area contributed by atoms with Crippen LogP contribution in [0.4, 0.5) is 15.8 Å². The monoisotopic (exact) mass is 532 g/mol. The molecule has 188 valence electrons. The molecule has 1 atom stereocenters. The number of benzene rings is 3. The fraction of sp³-hybridized carbons (Fsp3) is 0.174. The first-order valence-electron chi connectivity index (χ1n) is 10.7. The van der Waals surface area contributed by atoms with Gasteiger partial charge in [0, 0.05) is 18.2 Å². The summed E-state index contributed by atoms with van der Waals surface area (Å²) in [6.07, 6.45) is 0.0192. The maximum Gasteiger partial charge on any atom is 0.279 e. The average Bonchev–Trinajstić information content (AvgIpc) is 3.31. The molecule has 1 aliphatic rings. The summed E-state index contributed by atoms with van der Waals surface area (Å²) in [6, 6.07) is 15.2. The van der Waals surface area contributed by atoms with Gasteiger partial charge in [-0.15, -0.1) is 0 Å². The fourth-order valence-corrected chi connectivity index (χ4v) is 5.81. The Morgan fingerprint density at radius 3 is 2.28 bits per heavy atom. The normalized spacial score (nSPS) is 16.0. The minimum absolute atomic E-state index is 0.0192. The lowest BCUT2D eigenvalue weighted by molar-refractivity contribution is -0.385. The van der Waals surface area contributed by atoms with Crippen molar-refractivity contribution in [1.29, 1.82) is 0 Å². The molecule has 0 saturated heterocycles. The van der Waals surface area contributed by atoms with E-state index in [1.165, 1.54) is 37.3 Å². The molecule has 0 aliphatic carbocycles. The van der Waals surface area contributed by atoms with Gasteiger partial charge in [-0.2, -0.15) is 17.9 Å². The molecule has 0 radical (unpaired) electrons. The minimum atomic E-state index is -4.31. The molecular weight excluding hydrogens is 511 g/mol. The third kappa shape index (κ3) is 5.06. The molecule has 0 amide bonds. The Balaban J connectivity index is 1.77. The van der Waals surface area contributed by atoms with Crippen molar-refractivity contribution >= 4 is 37.1 Å². The summed E-state index contributed by atoms with van der Waals surface area (Å²) >= 11 is 0. The van der Waals surface area contributed by atoms with Gasteiger partial charge in [0.05, 0.1) is 26.8 Å². The number of nitro benzene ring substituents is 1. The van der Waals surface area contributed by atoms with Gasteiger partial charge < -0.3 is 0 Å². The molecule has 10 nitrogen and oxygen atoms in total. The minimum Gasteiger partial charge on any atom is -0.284 e. The zero-order valence-corrected chi connectivity index (χ0v) is 20.5. The number of halogens is 1. The number of nitro groups is 1. The molecule has 1 unspecified atom stereocenters. The molecule has 4 rings (SSSR count). The Kier molecular flexibility index (Phi) is 6.78. The molecule has 0 saturated carbocycles. The van der Waals surface area contributed by atoms with Gasteiger partial charge in [0.1, 0.15) is 11.9 Å². The van der Waals surface area contributed by atoms with Crippen molar-refractivity contribution in [3.63, 3.8) is 0 Å². The Morgan fingerprint density at radius 1 is 1.03 bits per heavy atom. The number of hydrogen-bond acceptors (Lipinski definition) is 7. The summed E-state index contributed by atoms with van der Waals surface area (Å²) < 4.78 is 67.3. The number of anilines is 1. The summed E-state index contributed by atoms with van der Waals surface area (Å²) in [5, 5.41) is 16.0. The molecule has 0 spiro atoms. The highest BCUT2D eigenvalue weighted by atomic mass is 32.2. The van der Waals surface area contributed by atoms with E-state index >= 15 is 0 Å². The lowest BCUT2D eigenvalue weighted by atomic mass is 9.98. The SMILES string of the molecule is CCS(=O)(=O)Nc1ccc(C2=NN(S(=O)(=O)c3ccc(F)cc3)C(c3ccccc3[N+](=O)[O-])C2)cc1. The quantitative estimate of drug-likeness (QED) is 0.343. The smallest absolute Gasteiger partial charge is 0.279 e. The molecule has 13 heteroatoms. The zero-order valence-electron chi connectivity index (χ0n) is 18.9. The summed E-state index contributed by atoms with van der Waals surface area (Å²) in [5.41, 5.74) is 1.05. The molecule has 0 fully saturated rings. The molecule has 0 bridgehead atoms. The standard InChI is InChI=1S/C23H21FN4O6S2/c1-2-35(31,32)26-18-11-7-16(8-12-18)21-15-23(20-5-3-4-6-22(20)28(29)30)27(25-21)36(33,34)19-13-9-17(24)10-14-19/h3-14,23,26H,2,15H2,1H3. The first kappa shape index (κ1) is 25.3. The van der Waals surface area contributed by atoms with Crippen molar-refractivity contribution in [2.75, 3.05) is 10.5 Å². The zero-order chi connectivity index (χ0) is 26.1. The van der Waals surface area contributed by atoms with Crippen molar-refractivity contribution in [2.45, 2.75) is 24.3 Å². The highest BCUT2D eigenvalue weighted by molar-refractivity contribution is 7.92. The maximum absolute atomic E-state index is 13.5. The number of sulfonamides is 2. The predicted octanol–water partition coefficient (Wildman–Crippen LogP) is 4.04. The van der Waals surface area contributed by atoms with E-state index in [4.69, 9.17) is 0 Å². The van der Waals surface area contributed by atoms with Crippen LogP contribution in [0.5, 0.6) is 0 Å². The first-order chi connectivity index (χ1) is 17.0. The lowest BCUT2D eigenvalue weighted by Crippen LogP contribution is -2.27. The van der Waals surface area contributed by atoms with Gasteiger partial charge in [-0.1, -0.05) is 24.3 Å². The average molecular weight is 533 g/mol. The van der Waals surface area contributed by atoms with Crippen LogP contribution in [0, 0.1) is 15.9 Å². The van der Waals surface area contributed by atoms with Crippen LogP contribution in [-0.2, 0) is 20.0 Å². The van der Waals surface area contributed by atoms with E-state index in [9.17, 15) is 31.3 Å². The Labute approximate surface area is 207 Å². The van der Waals surface area contributed by atoms with Crippen molar-refractivity contribution in [3.05, 3.63) is 99.9 Å². The van der Waals surface area contributed by atoms with Crippen molar-refractivity contribution in [1.82, 2.24) is 4.41 Å². The topological polar surface area (TPSA) is 139 Å². The number of hydrazone groups is 1. The number of para-hydroxylation sites is 1. The Bertz CT molecular complexity index is 1540. The van der Waals surface area contributed by atoms with E-state index in [1.54, 1.807) is 18.2 Å². The molecule has 1 N–H and O–H groups in total. The van der Waals surface area contributed by atoms with Gasteiger partial charge in [0.15, 0.2) is 0 Å². The summed E-state index contributed by atoms with van der Waals surface area (Å²) in [6.45, 7) is 1.50. The number of nitrogens with one attached hydrogen (secondary N) is 1. The first-order valence-corrected chi connectivity index (χ1v) is 13.8. The molecular formula is C23H21FN4O6S2. The van der Waals surface area contributed by atoms with E-state index in [1.807, 2.05) is 0 Å². The Morgan fingerprint density at radius 2 is 1.67 bits per heavy atom. The molecule has 0 aromatic heterocycles. The van der Waals surface area contributed by atoms with Crippen molar-refractivity contribution < 1.29 is 26.1 Å². The van der Waals surface area contributed by atoms with E-state index in [-0.39, 0.29) is 28.3 Å².